The lowest BCUT2D eigenvalue weighted by Gasteiger charge is -2.22. The fourth-order valence-electron chi connectivity index (χ4n) is 1.72. The average molecular weight is 285 g/mol. The van der Waals surface area contributed by atoms with Crippen LogP contribution in [0.5, 0.6) is 0 Å². The molecular formula is C13H20NO4P. The normalized spacial score (nSPS) is 13.3. The van der Waals surface area contributed by atoms with Gasteiger partial charge in [-0.05, 0) is 11.5 Å². The second-order valence-corrected chi connectivity index (χ2v) is 6.62. The summed E-state index contributed by atoms with van der Waals surface area (Å²) in [6.45, 7) is 3.65. The second-order valence-electron chi connectivity index (χ2n) is 4.93. The number of nitrogens with one attached hydrogen (secondary N) is 1. The fourth-order valence-corrected chi connectivity index (χ4v) is 2.74. The molecule has 0 saturated carbocycles. The molecule has 0 aromatic heterocycles. The summed E-state index contributed by atoms with van der Waals surface area (Å²) < 4.78 is 11.0. The van der Waals surface area contributed by atoms with Crippen LogP contribution in [0.25, 0.3) is 0 Å². The van der Waals surface area contributed by atoms with Crippen molar-refractivity contribution < 1.29 is 19.1 Å². The predicted octanol–water partition coefficient (Wildman–Crippen LogP) is 1.55. The number of hydrogen-bond acceptors (Lipinski definition) is 2. The topological polar surface area (TPSA) is 86.6 Å². The van der Waals surface area contributed by atoms with Crippen LogP contribution >= 0.6 is 7.60 Å². The lowest BCUT2D eigenvalue weighted by molar-refractivity contribution is -0.121. The summed E-state index contributed by atoms with van der Waals surface area (Å²) in [5, 5.41) is 2.69. The average Bonchev–Trinajstić information content (AvgIpc) is 2.27. The van der Waals surface area contributed by atoms with E-state index >= 15 is 0 Å². The quantitative estimate of drug-likeness (QED) is 0.692. The number of hydrogen-bond donors (Lipinski definition) is 3. The summed E-state index contributed by atoms with van der Waals surface area (Å²) in [5.41, 5.74) is 0.874. The maximum absolute atomic E-state index is 11.8. The molecule has 0 spiro atoms. The molecular weight excluding hydrogens is 265 g/mol. The van der Waals surface area contributed by atoms with Crippen LogP contribution in [0.4, 0.5) is 0 Å². The minimum absolute atomic E-state index is 0.0349. The monoisotopic (exact) mass is 285 g/mol. The van der Waals surface area contributed by atoms with Crippen LogP contribution in [0.1, 0.15) is 19.4 Å². The van der Waals surface area contributed by atoms with E-state index in [2.05, 4.69) is 5.32 Å². The maximum atomic E-state index is 11.8. The van der Waals surface area contributed by atoms with Crippen LogP contribution in [0, 0.1) is 5.92 Å². The number of carbonyl (C=O) groups is 1. The van der Waals surface area contributed by atoms with Crippen LogP contribution in [-0.2, 0) is 15.8 Å². The first kappa shape index (κ1) is 15.9. The lowest BCUT2D eigenvalue weighted by Crippen LogP contribution is -2.41. The molecule has 0 heterocycles. The molecule has 106 valence electrons. The number of amides is 1. The Morgan fingerprint density at radius 2 is 1.84 bits per heavy atom. The van der Waals surface area contributed by atoms with Gasteiger partial charge < -0.3 is 15.1 Å². The Kier molecular flexibility index (Phi) is 5.73. The lowest BCUT2D eigenvalue weighted by atomic mass is 10.1. The van der Waals surface area contributed by atoms with Crippen molar-refractivity contribution in [2.45, 2.75) is 26.3 Å². The smallest absolute Gasteiger partial charge is 0.327 e. The molecule has 5 nitrogen and oxygen atoms in total. The Labute approximate surface area is 113 Å². The van der Waals surface area contributed by atoms with Gasteiger partial charge in [0.15, 0.2) is 0 Å². The van der Waals surface area contributed by atoms with E-state index in [1.165, 1.54) is 0 Å². The molecule has 0 radical (unpaired) electrons. The van der Waals surface area contributed by atoms with E-state index in [-0.39, 0.29) is 24.4 Å². The van der Waals surface area contributed by atoms with Gasteiger partial charge in [0.05, 0.1) is 12.6 Å². The third-order valence-electron chi connectivity index (χ3n) is 2.79. The number of benzene rings is 1. The first-order chi connectivity index (χ1) is 8.78. The van der Waals surface area contributed by atoms with E-state index in [4.69, 9.17) is 9.79 Å². The van der Waals surface area contributed by atoms with Crippen molar-refractivity contribution >= 4 is 13.5 Å². The molecule has 0 bridgehead atoms. The van der Waals surface area contributed by atoms with Crippen molar-refractivity contribution in [3.05, 3.63) is 35.9 Å². The van der Waals surface area contributed by atoms with Crippen molar-refractivity contribution in [2.75, 3.05) is 6.16 Å². The van der Waals surface area contributed by atoms with E-state index in [1.807, 2.05) is 44.2 Å². The van der Waals surface area contributed by atoms with E-state index in [0.29, 0.717) is 0 Å². The minimum Gasteiger partial charge on any atom is -0.352 e. The molecule has 1 rings (SSSR count). The number of carbonyl (C=O) groups excluding carboxylic acids is 1. The summed E-state index contributed by atoms with van der Waals surface area (Å²) in [6.07, 6.45) is -0.115. The summed E-state index contributed by atoms with van der Waals surface area (Å²) in [6, 6.07) is 8.72. The van der Waals surface area contributed by atoms with Crippen LogP contribution in [0.3, 0.4) is 0 Å². The first-order valence-electron chi connectivity index (χ1n) is 6.16. The largest absolute Gasteiger partial charge is 0.352 e. The third kappa shape index (κ3) is 6.53. The van der Waals surface area contributed by atoms with E-state index in [0.717, 1.165) is 5.56 Å². The van der Waals surface area contributed by atoms with Crippen LogP contribution in [-0.4, -0.2) is 27.9 Å². The van der Waals surface area contributed by atoms with Gasteiger partial charge in [0.2, 0.25) is 5.91 Å². The molecule has 0 aliphatic rings. The summed E-state index contributed by atoms with van der Waals surface area (Å²) in [5.74, 6) is -0.259. The molecule has 3 N–H and O–H groups in total. The number of rotatable bonds is 6. The Morgan fingerprint density at radius 3 is 2.32 bits per heavy atom. The molecule has 0 fully saturated rings. The van der Waals surface area contributed by atoms with Gasteiger partial charge in [0.25, 0.3) is 0 Å². The van der Waals surface area contributed by atoms with Gasteiger partial charge in [0, 0.05) is 6.04 Å². The van der Waals surface area contributed by atoms with Crippen molar-refractivity contribution in [1.29, 1.82) is 0 Å². The van der Waals surface area contributed by atoms with Gasteiger partial charge in [-0.15, -0.1) is 0 Å². The van der Waals surface area contributed by atoms with Crippen LogP contribution in [0.2, 0.25) is 0 Å². The highest BCUT2D eigenvalue weighted by atomic mass is 31.2. The molecule has 1 aromatic carbocycles. The Balaban J connectivity index is 2.60. The van der Waals surface area contributed by atoms with Crippen molar-refractivity contribution in [3.8, 4) is 0 Å². The fraction of sp³-hybridized carbons (Fsp3) is 0.462. The van der Waals surface area contributed by atoms with E-state index in [9.17, 15) is 9.36 Å². The molecule has 0 aliphatic heterocycles. The van der Waals surface area contributed by atoms with Gasteiger partial charge in [0.1, 0.15) is 0 Å². The van der Waals surface area contributed by atoms with Crippen molar-refractivity contribution in [1.82, 2.24) is 5.32 Å². The summed E-state index contributed by atoms with van der Waals surface area (Å²) in [7, 11) is -4.13. The molecule has 0 aliphatic carbocycles. The van der Waals surface area contributed by atoms with Crippen LogP contribution in [0.15, 0.2) is 30.3 Å². The molecule has 1 amide bonds. The van der Waals surface area contributed by atoms with Gasteiger partial charge in [-0.2, -0.15) is 0 Å². The SMILES string of the molecule is CC(C)C(CP(=O)(O)O)NC(=O)Cc1ccccc1. The van der Waals surface area contributed by atoms with E-state index in [1.54, 1.807) is 0 Å². The zero-order chi connectivity index (χ0) is 14.5. The molecule has 6 heteroatoms. The summed E-state index contributed by atoms with van der Waals surface area (Å²) >= 11 is 0. The van der Waals surface area contributed by atoms with Crippen molar-refractivity contribution in [3.63, 3.8) is 0 Å². The van der Waals surface area contributed by atoms with Gasteiger partial charge in [-0.1, -0.05) is 44.2 Å². The maximum Gasteiger partial charge on any atom is 0.327 e. The Hall–Kier alpha value is -1.16. The zero-order valence-electron chi connectivity index (χ0n) is 11.1. The van der Waals surface area contributed by atoms with Crippen molar-refractivity contribution in [2.24, 2.45) is 5.92 Å². The highest BCUT2D eigenvalue weighted by molar-refractivity contribution is 7.51. The molecule has 1 unspecified atom stereocenters. The third-order valence-corrected chi connectivity index (χ3v) is 3.66. The van der Waals surface area contributed by atoms with E-state index < -0.39 is 13.6 Å². The highest BCUT2D eigenvalue weighted by Gasteiger charge is 2.25. The van der Waals surface area contributed by atoms with Gasteiger partial charge in [-0.3, -0.25) is 9.36 Å². The Bertz CT molecular complexity index is 455. The van der Waals surface area contributed by atoms with Gasteiger partial charge >= 0.3 is 7.60 Å². The summed E-state index contributed by atoms with van der Waals surface area (Å²) in [4.78, 5) is 29.8. The predicted molar refractivity (Wildman–Crippen MR) is 73.8 cm³/mol. The van der Waals surface area contributed by atoms with Gasteiger partial charge in [-0.25, -0.2) is 0 Å². The zero-order valence-corrected chi connectivity index (χ0v) is 12.0. The molecule has 0 saturated heterocycles. The molecule has 1 atom stereocenters. The Morgan fingerprint density at radius 1 is 1.26 bits per heavy atom. The van der Waals surface area contributed by atoms with Crippen LogP contribution < -0.4 is 5.32 Å². The standard InChI is InChI=1S/C13H20NO4P/c1-10(2)12(9-19(16,17)18)14-13(15)8-11-6-4-3-5-7-11/h3-7,10,12H,8-9H2,1-2H3,(H,14,15)(H2,16,17,18). The second kappa shape index (κ2) is 6.85. The minimum atomic E-state index is -4.13. The highest BCUT2D eigenvalue weighted by Crippen LogP contribution is 2.36. The first-order valence-corrected chi connectivity index (χ1v) is 7.95. The molecule has 1 aromatic rings. The molecule has 19 heavy (non-hydrogen) atoms.